The van der Waals surface area contributed by atoms with E-state index in [-0.39, 0.29) is 5.69 Å². The van der Waals surface area contributed by atoms with E-state index < -0.39 is 10.3 Å². The number of benzene rings is 2. The predicted octanol–water partition coefficient (Wildman–Crippen LogP) is 5.20. The molecule has 0 aliphatic carbocycles. The van der Waals surface area contributed by atoms with Crippen LogP contribution in [0, 0.1) is 21.4 Å². The molecule has 0 saturated heterocycles. The van der Waals surface area contributed by atoms with E-state index in [1.807, 2.05) is 12.1 Å². The minimum absolute atomic E-state index is 0.000718. The van der Waals surface area contributed by atoms with Crippen molar-refractivity contribution in [1.29, 1.82) is 5.26 Å². The molecule has 0 radical (unpaired) electrons. The highest BCUT2D eigenvalue weighted by molar-refractivity contribution is 7.99. The van der Waals surface area contributed by atoms with Gasteiger partial charge in [-0.15, -0.1) is 0 Å². The number of nitro groups is 1. The average molecular weight is 333 g/mol. The molecule has 0 saturated carbocycles. The van der Waals surface area contributed by atoms with Crippen LogP contribution in [0.4, 0.5) is 5.69 Å². The smallest absolute Gasteiger partial charge is 0.258 e. The number of halogens is 1. The van der Waals surface area contributed by atoms with Gasteiger partial charge in [-0.2, -0.15) is 5.26 Å². The maximum Gasteiger partial charge on any atom is 0.283 e. The Kier molecular flexibility index (Phi) is 4.74. The fourth-order valence-electron chi connectivity index (χ4n) is 1.83. The molecular weight excluding hydrogens is 320 g/mol. The zero-order valence-corrected chi connectivity index (χ0v) is 13.6. The minimum Gasteiger partial charge on any atom is -0.258 e. The van der Waals surface area contributed by atoms with Crippen LogP contribution >= 0.6 is 23.4 Å². The molecule has 0 aliphatic heterocycles. The molecule has 0 spiro atoms. The van der Waals surface area contributed by atoms with Gasteiger partial charge in [-0.25, -0.2) is 0 Å². The molecule has 2 rings (SSSR count). The first-order valence-electron chi connectivity index (χ1n) is 6.47. The molecule has 0 fully saturated rings. The standard InChI is InChI=1S/C16H13ClN2O2S/c1-16(2,10-18)11-3-8-15(14(9-11)19(20)21)22-13-6-4-12(17)5-7-13/h3-9H,1-2H3. The Morgan fingerprint density at radius 3 is 2.41 bits per heavy atom. The van der Waals surface area contributed by atoms with Crippen LogP contribution in [0.2, 0.25) is 5.02 Å². The Morgan fingerprint density at radius 1 is 1.23 bits per heavy atom. The summed E-state index contributed by atoms with van der Waals surface area (Å²) in [6.45, 7) is 3.47. The fourth-order valence-corrected chi connectivity index (χ4v) is 2.86. The van der Waals surface area contributed by atoms with Crippen molar-refractivity contribution in [3.63, 3.8) is 0 Å². The second-order valence-electron chi connectivity index (χ2n) is 5.23. The molecule has 0 unspecified atom stereocenters. The van der Waals surface area contributed by atoms with Crippen LogP contribution < -0.4 is 0 Å². The SMILES string of the molecule is CC(C)(C#N)c1ccc(Sc2ccc(Cl)cc2)c([N+](=O)[O-])c1. The van der Waals surface area contributed by atoms with Crippen LogP contribution in [-0.2, 0) is 5.41 Å². The van der Waals surface area contributed by atoms with Gasteiger partial charge in [0.2, 0.25) is 0 Å². The molecule has 2 aromatic rings. The zero-order chi connectivity index (χ0) is 16.3. The van der Waals surface area contributed by atoms with E-state index in [0.29, 0.717) is 15.5 Å². The van der Waals surface area contributed by atoms with Crippen LogP contribution in [0.3, 0.4) is 0 Å². The van der Waals surface area contributed by atoms with Crippen molar-refractivity contribution in [3.8, 4) is 6.07 Å². The Bertz CT molecular complexity index is 752. The maximum atomic E-state index is 11.3. The Hall–Kier alpha value is -2.03. The van der Waals surface area contributed by atoms with Crippen LogP contribution in [0.25, 0.3) is 0 Å². The summed E-state index contributed by atoms with van der Waals surface area (Å²) in [5.41, 5.74) is -0.142. The van der Waals surface area contributed by atoms with E-state index in [2.05, 4.69) is 6.07 Å². The van der Waals surface area contributed by atoms with Crippen molar-refractivity contribution in [3.05, 3.63) is 63.2 Å². The normalized spacial score (nSPS) is 11.0. The molecule has 0 heterocycles. The monoisotopic (exact) mass is 332 g/mol. The van der Waals surface area contributed by atoms with Gasteiger partial charge in [0, 0.05) is 16.0 Å². The number of nitro benzene ring substituents is 1. The molecule has 4 nitrogen and oxygen atoms in total. The van der Waals surface area contributed by atoms with Gasteiger partial charge in [0.05, 0.1) is 21.3 Å². The lowest BCUT2D eigenvalue weighted by Gasteiger charge is -2.16. The van der Waals surface area contributed by atoms with Crippen molar-refractivity contribution in [2.45, 2.75) is 29.1 Å². The van der Waals surface area contributed by atoms with Crippen LogP contribution in [0.1, 0.15) is 19.4 Å². The fraction of sp³-hybridized carbons (Fsp3) is 0.188. The second-order valence-corrected chi connectivity index (χ2v) is 6.78. The number of nitriles is 1. The third-order valence-electron chi connectivity index (χ3n) is 3.20. The van der Waals surface area contributed by atoms with Gasteiger partial charge in [-0.3, -0.25) is 10.1 Å². The molecule has 0 atom stereocenters. The molecule has 0 aromatic heterocycles. The molecule has 6 heteroatoms. The van der Waals surface area contributed by atoms with E-state index in [1.165, 1.54) is 17.8 Å². The Balaban J connectivity index is 2.42. The number of hydrogen-bond acceptors (Lipinski definition) is 4. The van der Waals surface area contributed by atoms with Gasteiger partial charge in [-0.1, -0.05) is 29.4 Å². The second kappa shape index (κ2) is 6.39. The van der Waals surface area contributed by atoms with Gasteiger partial charge < -0.3 is 0 Å². The van der Waals surface area contributed by atoms with E-state index in [4.69, 9.17) is 16.9 Å². The third-order valence-corrected chi connectivity index (χ3v) is 4.52. The summed E-state index contributed by atoms with van der Waals surface area (Å²) >= 11 is 7.13. The molecule has 0 N–H and O–H groups in total. The largest absolute Gasteiger partial charge is 0.283 e. The van der Waals surface area contributed by atoms with Gasteiger partial charge in [-0.05, 0) is 49.7 Å². The molecule has 2 aromatic carbocycles. The third kappa shape index (κ3) is 3.59. The van der Waals surface area contributed by atoms with Crippen LogP contribution in [-0.4, -0.2) is 4.92 Å². The molecule has 22 heavy (non-hydrogen) atoms. The first-order valence-corrected chi connectivity index (χ1v) is 7.66. The summed E-state index contributed by atoms with van der Waals surface area (Å²) in [7, 11) is 0. The average Bonchev–Trinajstić information content (AvgIpc) is 2.49. The van der Waals surface area contributed by atoms with Crippen molar-refractivity contribution < 1.29 is 4.92 Å². The highest BCUT2D eigenvalue weighted by Crippen LogP contribution is 2.37. The first-order chi connectivity index (χ1) is 10.3. The lowest BCUT2D eigenvalue weighted by molar-refractivity contribution is -0.387. The predicted molar refractivity (Wildman–Crippen MR) is 87.3 cm³/mol. The summed E-state index contributed by atoms with van der Waals surface area (Å²) in [5, 5.41) is 21.1. The quantitative estimate of drug-likeness (QED) is 0.570. The van der Waals surface area contributed by atoms with E-state index in [0.717, 1.165) is 4.90 Å². The van der Waals surface area contributed by atoms with Crippen molar-refractivity contribution >= 4 is 29.1 Å². The lowest BCUT2D eigenvalue weighted by Crippen LogP contribution is -2.14. The topological polar surface area (TPSA) is 66.9 Å². The molecular formula is C16H13ClN2O2S. The Labute approximate surface area is 137 Å². The van der Waals surface area contributed by atoms with Gasteiger partial charge in [0.15, 0.2) is 0 Å². The maximum absolute atomic E-state index is 11.3. The van der Waals surface area contributed by atoms with Crippen molar-refractivity contribution in [2.75, 3.05) is 0 Å². The number of hydrogen-bond donors (Lipinski definition) is 0. The highest BCUT2D eigenvalue weighted by Gasteiger charge is 2.24. The van der Waals surface area contributed by atoms with E-state index >= 15 is 0 Å². The minimum atomic E-state index is -0.770. The van der Waals surface area contributed by atoms with Gasteiger partial charge in [0.1, 0.15) is 0 Å². The zero-order valence-electron chi connectivity index (χ0n) is 12.0. The van der Waals surface area contributed by atoms with Gasteiger partial charge in [0.25, 0.3) is 5.69 Å². The van der Waals surface area contributed by atoms with Crippen LogP contribution in [0.15, 0.2) is 52.3 Å². The summed E-state index contributed by atoms with van der Waals surface area (Å²) in [5.74, 6) is 0. The summed E-state index contributed by atoms with van der Waals surface area (Å²) in [6.07, 6.45) is 0. The first kappa shape index (κ1) is 16.3. The number of rotatable bonds is 4. The summed E-state index contributed by atoms with van der Waals surface area (Å²) in [6, 6.07) is 14.2. The summed E-state index contributed by atoms with van der Waals surface area (Å²) < 4.78 is 0. The molecule has 0 aliphatic rings. The Morgan fingerprint density at radius 2 is 1.86 bits per heavy atom. The molecule has 0 amide bonds. The number of nitrogens with zero attached hydrogens (tertiary/aromatic N) is 2. The van der Waals surface area contributed by atoms with E-state index in [1.54, 1.807) is 38.1 Å². The van der Waals surface area contributed by atoms with Gasteiger partial charge >= 0.3 is 0 Å². The van der Waals surface area contributed by atoms with Crippen LogP contribution in [0.5, 0.6) is 0 Å². The van der Waals surface area contributed by atoms with Crippen molar-refractivity contribution in [1.82, 2.24) is 0 Å². The lowest BCUT2D eigenvalue weighted by atomic mass is 9.86. The highest BCUT2D eigenvalue weighted by atomic mass is 35.5. The molecule has 0 bridgehead atoms. The summed E-state index contributed by atoms with van der Waals surface area (Å²) in [4.78, 5) is 12.3. The van der Waals surface area contributed by atoms with E-state index in [9.17, 15) is 10.1 Å². The molecule has 112 valence electrons. The van der Waals surface area contributed by atoms with Crippen molar-refractivity contribution in [2.24, 2.45) is 0 Å².